The van der Waals surface area contributed by atoms with Gasteiger partial charge >= 0.3 is 0 Å². The molecule has 4 atom stereocenters. The van der Waals surface area contributed by atoms with Crippen LogP contribution in [0, 0.1) is 5.82 Å². The van der Waals surface area contributed by atoms with Crippen molar-refractivity contribution in [1.82, 2.24) is 4.90 Å². The summed E-state index contributed by atoms with van der Waals surface area (Å²) in [5, 5.41) is 3.42. The summed E-state index contributed by atoms with van der Waals surface area (Å²) in [6.45, 7) is 2.10. The molecule has 0 bridgehead atoms. The molecule has 1 saturated heterocycles. The van der Waals surface area contributed by atoms with Crippen LogP contribution in [0.25, 0.3) is 10.4 Å². The number of ether oxygens (including phenoxy) is 1. The Morgan fingerprint density at radius 1 is 1.22 bits per heavy atom. The van der Waals surface area contributed by atoms with Gasteiger partial charge in [0.1, 0.15) is 11.9 Å². The summed E-state index contributed by atoms with van der Waals surface area (Å²) in [5.41, 5.74) is 11.9. The maximum Gasteiger partial charge on any atom is 0.252 e. The molecule has 4 rings (SSSR count). The number of hydrogen-bond donors (Lipinski definition) is 0. The van der Waals surface area contributed by atoms with Crippen molar-refractivity contribution in [2.45, 2.75) is 43.2 Å². The van der Waals surface area contributed by atoms with Gasteiger partial charge in [-0.3, -0.25) is 9.59 Å². The Morgan fingerprint density at radius 3 is 2.69 bits per heavy atom. The van der Waals surface area contributed by atoms with E-state index in [0.717, 1.165) is 28.5 Å². The first-order valence-electron chi connectivity index (χ1n) is 10.4. The van der Waals surface area contributed by atoms with Gasteiger partial charge < -0.3 is 9.64 Å². The molecule has 1 amide bonds. The lowest BCUT2D eigenvalue weighted by Gasteiger charge is -2.41. The van der Waals surface area contributed by atoms with Crippen molar-refractivity contribution >= 4 is 22.8 Å². The van der Waals surface area contributed by atoms with E-state index in [1.54, 1.807) is 17.0 Å². The fourth-order valence-electron chi connectivity index (χ4n) is 4.44. The number of carbonyl (C=O) groups excluding carboxylic acids is 2. The molecule has 166 valence electrons. The number of halogens is 1. The monoisotopic (exact) mass is 454 g/mol. The van der Waals surface area contributed by atoms with Crippen LogP contribution in [0.15, 0.2) is 53.6 Å². The van der Waals surface area contributed by atoms with E-state index in [9.17, 15) is 14.0 Å². The Kier molecular flexibility index (Phi) is 6.79. The van der Waals surface area contributed by atoms with Crippen LogP contribution in [0.5, 0.6) is 0 Å². The van der Waals surface area contributed by atoms with E-state index in [-0.39, 0.29) is 41.2 Å². The van der Waals surface area contributed by atoms with E-state index >= 15 is 0 Å². The molecule has 0 N–H and O–H groups in total. The van der Waals surface area contributed by atoms with Crippen molar-refractivity contribution in [2.24, 2.45) is 5.11 Å². The fraction of sp³-hybridized carbons (Fsp3) is 0.391. The quantitative estimate of drug-likeness (QED) is 0.388. The second-order valence-corrected chi connectivity index (χ2v) is 9.33. The fourth-order valence-corrected chi connectivity index (χ4v) is 5.34. The minimum Gasteiger partial charge on any atom is -0.367 e. The van der Waals surface area contributed by atoms with Crippen molar-refractivity contribution in [3.05, 3.63) is 81.5 Å². The number of benzene rings is 2. The zero-order valence-electron chi connectivity index (χ0n) is 17.6. The van der Waals surface area contributed by atoms with Gasteiger partial charge in [0.25, 0.3) is 5.91 Å². The second-order valence-electron chi connectivity index (χ2n) is 7.91. The van der Waals surface area contributed by atoms with Crippen LogP contribution >= 0.6 is 11.8 Å². The molecule has 32 heavy (non-hydrogen) atoms. The maximum absolute atomic E-state index is 13.6. The van der Waals surface area contributed by atoms with E-state index < -0.39 is 12.1 Å². The van der Waals surface area contributed by atoms with Crippen LogP contribution in [0.1, 0.15) is 36.1 Å². The van der Waals surface area contributed by atoms with Crippen molar-refractivity contribution < 1.29 is 18.7 Å². The first-order chi connectivity index (χ1) is 15.5. The van der Waals surface area contributed by atoms with E-state index in [1.165, 1.54) is 19.1 Å². The Hall–Kier alpha value is -2.87. The summed E-state index contributed by atoms with van der Waals surface area (Å²) in [6.07, 6.45) is 0.138. The van der Waals surface area contributed by atoms with Gasteiger partial charge in [-0.05, 0) is 47.2 Å². The summed E-state index contributed by atoms with van der Waals surface area (Å²) in [6, 6.07) is 13.3. The van der Waals surface area contributed by atoms with E-state index in [2.05, 4.69) is 10.0 Å². The molecule has 1 fully saturated rings. The standard InChI is InChI=1S/C23H23FN4O3S/c1-14(29)32-21-13-31-20(12-19(21)26-27-25)23(30)28-11-10-15-4-2-3-5-18(15)22(28)16-6-8-17(24)9-7-16/h2-9,19-22H,10-13H2,1H3/t19?,20-,21-,22+/m1/s1. The molecule has 2 aliphatic heterocycles. The molecule has 7 nitrogen and oxygen atoms in total. The number of azide groups is 1. The van der Waals surface area contributed by atoms with Crippen LogP contribution in [-0.4, -0.2) is 46.5 Å². The van der Waals surface area contributed by atoms with E-state index in [4.69, 9.17) is 10.3 Å². The van der Waals surface area contributed by atoms with Gasteiger partial charge in [0.2, 0.25) is 0 Å². The zero-order chi connectivity index (χ0) is 22.7. The molecule has 2 aromatic carbocycles. The smallest absolute Gasteiger partial charge is 0.252 e. The van der Waals surface area contributed by atoms with Crippen LogP contribution < -0.4 is 0 Å². The Labute approximate surface area is 189 Å². The van der Waals surface area contributed by atoms with Gasteiger partial charge in [0.15, 0.2) is 5.12 Å². The highest BCUT2D eigenvalue weighted by atomic mass is 32.2. The SMILES string of the molecule is CC(=O)S[C@@H]1CO[C@@H](C(=O)N2CCc3ccccc3[C@@H]2c2ccc(F)cc2)CC1N=[N+]=[N-]. The van der Waals surface area contributed by atoms with Gasteiger partial charge in [-0.25, -0.2) is 4.39 Å². The van der Waals surface area contributed by atoms with Crippen LogP contribution in [0.3, 0.4) is 0 Å². The van der Waals surface area contributed by atoms with Crippen molar-refractivity contribution in [3.63, 3.8) is 0 Å². The van der Waals surface area contributed by atoms with Crippen molar-refractivity contribution in [2.75, 3.05) is 13.2 Å². The number of thioether (sulfide) groups is 1. The van der Waals surface area contributed by atoms with Gasteiger partial charge in [-0.1, -0.05) is 53.3 Å². The zero-order valence-corrected chi connectivity index (χ0v) is 18.4. The van der Waals surface area contributed by atoms with Crippen LogP contribution in [0.4, 0.5) is 4.39 Å². The lowest BCUT2D eigenvalue weighted by molar-refractivity contribution is -0.149. The van der Waals surface area contributed by atoms with Crippen LogP contribution in [0.2, 0.25) is 0 Å². The summed E-state index contributed by atoms with van der Waals surface area (Å²) in [5.74, 6) is -0.532. The third-order valence-electron chi connectivity index (χ3n) is 5.89. The van der Waals surface area contributed by atoms with Crippen molar-refractivity contribution in [1.29, 1.82) is 0 Å². The normalized spacial score (nSPS) is 24.9. The number of rotatable bonds is 4. The predicted octanol–water partition coefficient (Wildman–Crippen LogP) is 4.42. The molecule has 2 aliphatic rings. The lowest BCUT2D eigenvalue weighted by atomic mass is 9.87. The highest BCUT2D eigenvalue weighted by Gasteiger charge is 2.40. The summed E-state index contributed by atoms with van der Waals surface area (Å²) in [4.78, 5) is 29.8. The molecule has 9 heteroatoms. The largest absolute Gasteiger partial charge is 0.367 e. The van der Waals surface area contributed by atoms with Crippen molar-refractivity contribution in [3.8, 4) is 0 Å². The highest BCUT2D eigenvalue weighted by molar-refractivity contribution is 8.14. The Bertz CT molecular complexity index is 1060. The highest BCUT2D eigenvalue weighted by Crippen LogP contribution is 2.37. The van der Waals surface area contributed by atoms with Gasteiger partial charge in [0, 0.05) is 23.6 Å². The molecule has 2 aromatic rings. The summed E-state index contributed by atoms with van der Waals surface area (Å²) in [7, 11) is 0. The summed E-state index contributed by atoms with van der Waals surface area (Å²) < 4.78 is 19.4. The number of nitrogens with zero attached hydrogens (tertiary/aromatic N) is 4. The van der Waals surface area contributed by atoms with Crippen LogP contribution in [-0.2, 0) is 20.7 Å². The predicted molar refractivity (Wildman–Crippen MR) is 119 cm³/mol. The third-order valence-corrected chi connectivity index (χ3v) is 6.98. The topological polar surface area (TPSA) is 95.4 Å². The lowest BCUT2D eigenvalue weighted by Crippen LogP contribution is -2.50. The average molecular weight is 455 g/mol. The average Bonchev–Trinajstić information content (AvgIpc) is 2.79. The number of amides is 1. The maximum atomic E-state index is 13.6. The molecular formula is C23H23FN4O3S. The van der Waals surface area contributed by atoms with E-state index in [0.29, 0.717) is 13.0 Å². The molecule has 0 aromatic heterocycles. The molecule has 0 radical (unpaired) electrons. The Morgan fingerprint density at radius 2 is 1.97 bits per heavy atom. The number of fused-ring (bicyclic) bond motifs is 1. The van der Waals surface area contributed by atoms with E-state index in [1.807, 2.05) is 24.3 Å². The number of hydrogen-bond acceptors (Lipinski definition) is 5. The van der Waals surface area contributed by atoms with Gasteiger partial charge in [-0.15, -0.1) is 0 Å². The molecule has 2 heterocycles. The van der Waals surface area contributed by atoms with Gasteiger partial charge in [-0.2, -0.15) is 0 Å². The number of carbonyl (C=O) groups is 2. The first-order valence-corrected chi connectivity index (χ1v) is 11.3. The molecular weight excluding hydrogens is 431 g/mol. The second kappa shape index (κ2) is 9.73. The molecule has 0 aliphatic carbocycles. The Balaban J connectivity index is 1.62. The molecule has 1 unspecified atom stereocenters. The van der Waals surface area contributed by atoms with Gasteiger partial charge in [0.05, 0.1) is 18.7 Å². The first kappa shape index (κ1) is 22.3. The minimum absolute atomic E-state index is 0.0921. The minimum atomic E-state index is -0.775. The summed E-state index contributed by atoms with van der Waals surface area (Å²) >= 11 is 1.07. The molecule has 0 spiro atoms. The third kappa shape index (κ3) is 4.65. The molecule has 0 saturated carbocycles.